The summed E-state index contributed by atoms with van der Waals surface area (Å²) in [4.78, 5) is 37.2. The van der Waals surface area contributed by atoms with E-state index < -0.39 is 0 Å². The molecule has 9 heteroatoms. The van der Waals surface area contributed by atoms with E-state index in [1.165, 1.54) is 16.2 Å². The molecule has 0 radical (unpaired) electrons. The molecular weight excluding hydrogens is 496 g/mol. The molecule has 7 nitrogen and oxygen atoms in total. The summed E-state index contributed by atoms with van der Waals surface area (Å²) in [5.74, 6) is 0.278. The molecule has 1 aliphatic carbocycles. The van der Waals surface area contributed by atoms with Crippen LogP contribution in [0.2, 0.25) is 5.02 Å². The third-order valence-corrected chi connectivity index (χ3v) is 9.45. The lowest BCUT2D eigenvalue weighted by Crippen LogP contribution is -2.44. The quantitative estimate of drug-likeness (QED) is 0.474. The average molecular weight is 525 g/mol. The van der Waals surface area contributed by atoms with Gasteiger partial charge in [0.15, 0.2) is 0 Å². The summed E-state index contributed by atoms with van der Waals surface area (Å²) in [5, 5.41) is 4.12. The average Bonchev–Trinajstić information content (AvgIpc) is 3.11. The van der Waals surface area contributed by atoms with E-state index in [0.717, 1.165) is 50.6 Å². The van der Waals surface area contributed by atoms with Crippen molar-refractivity contribution in [3.05, 3.63) is 40.0 Å². The first kappa shape index (κ1) is 23.8. The fraction of sp³-hybridized carbons (Fsp3) is 0.481. The van der Waals surface area contributed by atoms with Crippen molar-refractivity contribution in [1.29, 1.82) is 0 Å². The second kappa shape index (κ2) is 7.97. The maximum atomic E-state index is 12.9. The van der Waals surface area contributed by atoms with Gasteiger partial charge in [-0.15, -0.1) is 11.3 Å². The number of benzene rings is 1. The normalized spacial score (nSPS) is 26.1. The van der Waals surface area contributed by atoms with Gasteiger partial charge in [-0.2, -0.15) is 0 Å². The van der Waals surface area contributed by atoms with Crippen LogP contribution in [0.15, 0.2) is 24.5 Å². The van der Waals surface area contributed by atoms with Crippen LogP contribution in [0.1, 0.15) is 44.6 Å². The fourth-order valence-corrected chi connectivity index (χ4v) is 7.27. The number of ether oxygens (including phenoxy) is 1. The Labute approximate surface area is 219 Å². The van der Waals surface area contributed by atoms with Gasteiger partial charge >= 0.3 is 0 Å². The van der Waals surface area contributed by atoms with Crippen LogP contribution in [0, 0.1) is 24.2 Å². The van der Waals surface area contributed by atoms with Crippen LogP contribution in [-0.4, -0.2) is 44.9 Å². The Morgan fingerprint density at radius 3 is 2.53 bits per heavy atom. The number of piperidine rings is 1. The Morgan fingerprint density at radius 2 is 1.86 bits per heavy atom. The standard InChI is InChI=1S/C27H29ClN4O3S/c1-13-8-14(28)9-16(22(13)35-18-6-7-31-27(18,4)5)21-23-17(29-12-30-21)10-15(36-23)11-32-24(33)19-20(25(32)34)26(19,2)3/h8-10,12,18-20,31H,6-7,11H2,1-5H3. The summed E-state index contributed by atoms with van der Waals surface area (Å²) >= 11 is 8.00. The highest BCUT2D eigenvalue weighted by Gasteiger charge is 2.72. The maximum absolute atomic E-state index is 12.9. The van der Waals surface area contributed by atoms with Crippen LogP contribution in [-0.2, 0) is 16.1 Å². The molecule has 3 aromatic rings. The van der Waals surface area contributed by atoms with Crippen molar-refractivity contribution >= 4 is 45.0 Å². The molecule has 36 heavy (non-hydrogen) atoms. The van der Waals surface area contributed by atoms with Crippen LogP contribution in [0.4, 0.5) is 0 Å². The highest BCUT2D eigenvalue weighted by atomic mass is 35.5. The number of carbonyl (C=O) groups excluding carboxylic acids is 2. The SMILES string of the molecule is Cc1cc(Cl)cc(-c2ncnc3cc(CN4C(=O)C5C(C4=O)C5(C)C)sc23)c1OC1CCNC1(C)C. The molecule has 0 bridgehead atoms. The number of aryl methyl sites for hydroxylation is 1. The van der Waals surface area contributed by atoms with Gasteiger partial charge in [-0.05, 0) is 62.9 Å². The molecule has 0 spiro atoms. The summed E-state index contributed by atoms with van der Waals surface area (Å²) in [7, 11) is 0. The maximum Gasteiger partial charge on any atom is 0.234 e. The molecule has 3 unspecified atom stereocenters. The van der Waals surface area contributed by atoms with Crippen molar-refractivity contribution in [3.63, 3.8) is 0 Å². The number of carbonyl (C=O) groups is 2. The molecule has 3 atom stereocenters. The van der Waals surface area contributed by atoms with Crippen molar-refractivity contribution in [1.82, 2.24) is 20.2 Å². The van der Waals surface area contributed by atoms with Gasteiger partial charge in [0, 0.05) is 21.0 Å². The third-order valence-electron chi connectivity index (χ3n) is 8.11. The molecule has 1 saturated carbocycles. The van der Waals surface area contributed by atoms with Gasteiger partial charge in [0.25, 0.3) is 0 Å². The van der Waals surface area contributed by atoms with Crippen LogP contribution >= 0.6 is 22.9 Å². The first-order valence-electron chi connectivity index (χ1n) is 12.3. The number of amides is 2. The summed E-state index contributed by atoms with van der Waals surface area (Å²) in [6.45, 7) is 11.4. The first-order chi connectivity index (χ1) is 17.0. The zero-order valence-electron chi connectivity index (χ0n) is 21.0. The predicted molar refractivity (Wildman–Crippen MR) is 140 cm³/mol. The van der Waals surface area contributed by atoms with Gasteiger partial charge in [0.1, 0.15) is 18.2 Å². The number of fused-ring (bicyclic) bond motifs is 2. The molecule has 3 fully saturated rings. The molecule has 3 aliphatic rings. The van der Waals surface area contributed by atoms with Crippen LogP contribution in [0.5, 0.6) is 5.75 Å². The number of likely N-dealkylation sites (tertiary alicyclic amines) is 1. The van der Waals surface area contributed by atoms with Crippen LogP contribution < -0.4 is 10.1 Å². The van der Waals surface area contributed by atoms with Gasteiger partial charge in [-0.1, -0.05) is 25.4 Å². The largest absolute Gasteiger partial charge is 0.487 e. The Balaban J connectivity index is 1.37. The molecule has 6 rings (SSSR count). The number of aromatic nitrogens is 2. The molecule has 1 N–H and O–H groups in total. The topological polar surface area (TPSA) is 84.4 Å². The first-order valence-corrected chi connectivity index (χ1v) is 13.5. The van der Waals surface area contributed by atoms with E-state index >= 15 is 0 Å². The van der Waals surface area contributed by atoms with E-state index in [0.29, 0.717) is 5.02 Å². The van der Waals surface area contributed by atoms with Gasteiger partial charge in [0.2, 0.25) is 11.8 Å². The fourth-order valence-electron chi connectivity index (χ4n) is 5.90. The van der Waals surface area contributed by atoms with E-state index in [4.69, 9.17) is 16.3 Å². The summed E-state index contributed by atoms with van der Waals surface area (Å²) in [5.41, 5.74) is 2.91. The lowest BCUT2D eigenvalue weighted by atomic mass is 9.99. The van der Waals surface area contributed by atoms with Crippen molar-refractivity contribution in [3.8, 4) is 17.0 Å². The van der Waals surface area contributed by atoms with Crippen LogP contribution in [0.3, 0.4) is 0 Å². The van der Waals surface area contributed by atoms with E-state index in [2.05, 4.69) is 29.1 Å². The van der Waals surface area contributed by atoms with E-state index in [9.17, 15) is 9.59 Å². The molecule has 2 saturated heterocycles. The minimum absolute atomic E-state index is 0.00947. The highest BCUT2D eigenvalue weighted by Crippen LogP contribution is 2.63. The van der Waals surface area contributed by atoms with Gasteiger partial charge in [-0.3, -0.25) is 14.5 Å². The number of hydrogen-bond donors (Lipinski definition) is 1. The zero-order valence-corrected chi connectivity index (χ0v) is 22.6. The molecule has 4 heterocycles. The third kappa shape index (κ3) is 3.56. The Kier molecular flexibility index (Phi) is 5.28. The lowest BCUT2D eigenvalue weighted by molar-refractivity contribution is -0.143. The monoisotopic (exact) mass is 524 g/mol. The van der Waals surface area contributed by atoms with Gasteiger partial charge < -0.3 is 10.1 Å². The Bertz CT molecular complexity index is 1410. The number of nitrogens with zero attached hydrogens (tertiary/aromatic N) is 3. The van der Waals surface area contributed by atoms with E-state index in [-0.39, 0.29) is 47.3 Å². The highest BCUT2D eigenvalue weighted by molar-refractivity contribution is 7.19. The Morgan fingerprint density at radius 1 is 1.14 bits per heavy atom. The van der Waals surface area contributed by atoms with Gasteiger partial charge in [0.05, 0.1) is 34.3 Å². The van der Waals surface area contributed by atoms with Crippen molar-refractivity contribution in [2.75, 3.05) is 6.54 Å². The van der Waals surface area contributed by atoms with Gasteiger partial charge in [-0.25, -0.2) is 9.97 Å². The van der Waals surface area contributed by atoms with Crippen molar-refractivity contribution in [2.45, 2.75) is 59.2 Å². The Hall–Kier alpha value is -2.55. The smallest absolute Gasteiger partial charge is 0.234 e. The summed E-state index contributed by atoms with van der Waals surface area (Å²) < 4.78 is 7.50. The summed E-state index contributed by atoms with van der Waals surface area (Å²) in [6.07, 6.45) is 2.46. The number of rotatable bonds is 5. The molecule has 2 aliphatic heterocycles. The second-order valence-corrected chi connectivity index (χ2v) is 12.9. The molecule has 188 valence electrons. The minimum atomic E-state index is -0.215. The van der Waals surface area contributed by atoms with E-state index in [1.54, 1.807) is 6.33 Å². The molecular formula is C27H29ClN4O3S. The van der Waals surface area contributed by atoms with Crippen molar-refractivity contribution < 1.29 is 14.3 Å². The number of thiophene rings is 1. The number of halogens is 1. The molecule has 1 aromatic carbocycles. The molecule has 2 amide bonds. The zero-order chi connectivity index (χ0) is 25.6. The number of imide groups is 1. The lowest BCUT2D eigenvalue weighted by Gasteiger charge is -2.29. The summed E-state index contributed by atoms with van der Waals surface area (Å²) in [6, 6.07) is 5.75. The molecule has 2 aromatic heterocycles. The second-order valence-electron chi connectivity index (χ2n) is 11.3. The number of hydrogen-bond acceptors (Lipinski definition) is 7. The minimum Gasteiger partial charge on any atom is -0.487 e. The number of nitrogens with one attached hydrogen (secondary N) is 1. The van der Waals surface area contributed by atoms with E-state index in [1.807, 2.05) is 39.0 Å². The van der Waals surface area contributed by atoms with Crippen molar-refractivity contribution in [2.24, 2.45) is 17.3 Å². The predicted octanol–water partition coefficient (Wildman–Crippen LogP) is 4.98. The van der Waals surface area contributed by atoms with Crippen LogP contribution in [0.25, 0.3) is 21.5 Å².